The van der Waals surface area contributed by atoms with E-state index in [1.807, 2.05) is 12.1 Å². The van der Waals surface area contributed by atoms with Crippen molar-refractivity contribution in [3.05, 3.63) is 35.6 Å². The molecule has 1 saturated carbocycles. The second-order valence-electron chi connectivity index (χ2n) is 7.01. The minimum atomic E-state index is -0.114. The fourth-order valence-corrected chi connectivity index (χ4v) is 4.10. The molecule has 1 N–H and O–H groups in total. The van der Waals surface area contributed by atoms with Crippen molar-refractivity contribution in [3.63, 3.8) is 0 Å². The maximum atomic E-state index is 13.3. The standard InChI is InChI=1S/C19H29FN2/c20-18-8-4-7-17(13-18)9-11-22-12-10-21-15-19(22)14-16-5-2-1-3-6-16/h4,7-8,13,16,19,21H,1-3,5-6,9-12,14-15H2. The molecule has 2 aliphatic rings. The number of benzene rings is 1. The smallest absolute Gasteiger partial charge is 0.123 e. The Labute approximate surface area is 134 Å². The molecule has 1 heterocycles. The van der Waals surface area contributed by atoms with E-state index in [-0.39, 0.29) is 5.82 Å². The van der Waals surface area contributed by atoms with Gasteiger partial charge >= 0.3 is 0 Å². The number of rotatable bonds is 5. The first-order valence-electron chi connectivity index (χ1n) is 9.00. The van der Waals surface area contributed by atoms with E-state index in [2.05, 4.69) is 10.2 Å². The number of halogens is 1. The Morgan fingerprint density at radius 1 is 1.18 bits per heavy atom. The third kappa shape index (κ3) is 4.53. The largest absolute Gasteiger partial charge is 0.314 e. The molecule has 0 spiro atoms. The Morgan fingerprint density at radius 3 is 2.86 bits per heavy atom. The van der Waals surface area contributed by atoms with Crippen LogP contribution in [0.4, 0.5) is 4.39 Å². The zero-order valence-corrected chi connectivity index (χ0v) is 13.6. The van der Waals surface area contributed by atoms with Gasteiger partial charge in [-0.15, -0.1) is 0 Å². The molecule has 122 valence electrons. The summed E-state index contributed by atoms with van der Waals surface area (Å²) in [5, 5.41) is 3.56. The third-order valence-electron chi connectivity index (χ3n) is 5.38. The molecule has 3 heteroatoms. The summed E-state index contributed by atoms with van der Waals surface area (Å²) in [6.07, 6.45) is 9.43. The highest BCUT2D eigenvalue weighted by atomic mass is 19.1. The van der Waals surface area contributed by atoms with Crippen molar-refractivity contribution in [2.75, 3.05) is 26.2 Å². The van der Waals surface area contributed by atoms with Gasteiger partial charge in [-0.3, -0.25) is 4.90 Å². The van der Waals surface area contributed by atoms with Crippen molar-refractivity contribution in [2.24, 2.45) is 5.92 Å². The summed E-state index contributed by atoms with van der Waals surface area (Å²) in [5.74, 6) is 0.812. The predicted molar refractivity (Wildman–Crippen MR) is 89.5 cm³/mol. The Hall–Kier alpha value is -0.930. The van der Waals surface area contributed by atoms with Crippen molar-refractivity contribution in [1.82, 2.24) is 10.2 Å². The lowest BCUT2D eigenvalue weighted by Gasteiger charge is -2.39. The SMILES string of the molecule is Fc1cccc(CCN2CCNCC2CC2CCCCC2)c1. The lowest BCUT2D eigenvalue weighted by molar-refractivity contribution is 0.129. The summed E-state index contributed by atoms with van der Waals surface area (Å²) < 4.78 is 13.3. The Balaban J connectivity index is 1.52. The molecule has 1 unspecified atom stereocenters. The summed E-state index contributed by atoms with van der Waals surface area (Å²) in [5.41, 5.74) is 1.12. The summed E-state index contributed by atoms with van der Waals surface area (Å²) in [6, 6.07) is 7.74. The minimum absolute atomic E-state index is 0.114. The van der Waals surface area contributed by atoms with Crippen LogP contribution in [0.1, 0.15) is 44.1 Å². The average Bonchev–Trinajstić information content (AvgIpc) is 2.55. The first kappa shape index (κ1) is 15.9. The van der Waals surface area contributed by atoms with Crippen LogP contribution in [-0.4, -0.2) is 37.1 Å². The molecule has 0 aromatic heterocycles. The number of piperazine rings is 1. The van der Waals surface area contributed by atoms with Crippen LogP contribution < -0.4 is 5.32 Å². The van der Waals surface area contributed by atoms with Gasteiger partial charge in [-0.1, -0.05) is 44.2 Å². The van der Waals surface area contributed by atoms with E-state index in [0.29, 0.717) is 6.04 Å². The molecule has 1 aliphatic carbocycles. The van der Waals surface area contributed by atoms with Crippen LogP contribution in [0.5, 0.6) is 0 Å². The third-order valence-corrected chi connectivity index (χ3v) is 5.38. The van der Waals surface area contributed by atoms with Crippen LogP contribution >= 0.6 is 0 Å². The van der Waals surface area contributed by atoms with Crippen molar-refractivity contribution in [1.29, 1.82) is 0 Å². The first-order valence-corrected chi connectivity index (χ1v) is 9.00. The van der Waals surface area contributed by atoms with E-state index >= 15 is 0 Å². The molecule has 1 aromatic rings. The van der Waals surface area contributed by atoms with Crippen LogP contribution in [0, 0.1) is 11.7 Å². The molecule has 1 saturated heterocycles. The van der Waals surface area contributed by atoms with Gasteiger partial charge in [0.2, 0.25) is 0 Å². The zero-order valence-electron chi connectivity index (χ0n) is 13.6. The maximum absolute atomic E-state index is 13.3. The van der Waals surface area contributed by atoms with Crippen molar-refractivity contribution in [3.8, 4) is 0 Å². The van der Waals surface area contributed by atoms with Crippen LogP contribution in [-0.2, 0) is 6.42 Å². The Kier molecular flexibility index (Phi) is 5.85. The van der Waals surface area contributed by atoms with Gasteiger partial charge in [-0.05, 0) is 36.5 Å². The van der Waals surface area contributed by atoms with Gasteiger partial charge in [0.25, 0.3) is 0 Å². The summed E-state index contributed by atoms with van der Waals surface area (Å²) in [4.78, 5) is 2.63. The summed E-state index contributed by atoms with van der Waals surface area (Å²) in [6.45, 7) is 4.40. The monoisotopic (exact) mass is 304 g/mol. The zero-order chi connectivity index (χ0) is 15.2. The van der Waals surface area contributed by atoms with Gasteiger partial charge in [0, 0.05) is 32.2 Å². The van der Waals surface area contributed by atoms with Crippen LogP contribution in [0.2, 0.25) is 0 Å². The fourth-order valence-electron chi connectivity index (χ4n) is 4.10. The maximum Gasteiger partial charge on any atom is 0.123 e. The highest BCUT2D eigenvalue weighted by Crippen LogP contribution is 2.29. The molecule has 3 rings (SSSR count). The second kappa shape index (κ2) is 8.07. The molecule has 0 bridgehead atoms. The molecule has 2 fully saturated rings. The molecule has 0 amide bonds. The topological polar surface area (TPSA) is 15.3 Å². The van der Waals surface area contributed by atoms with Gasteiger partial charge < -0.3 is 5.32 Å². The average molecular weight is 304 g/mol. The number of nitrogens with one attached hydrogen (secondary N) is 1. The lowest BCUT2D eigenvalue weighted by Crippen LogP contribution is -2.52. The van der Waals surface area contributed by atoms with Gasteiger partial charge in [0.15, 0.2) is 0 Å². The molecule has 1 aliphatic heterocycles. The molecule has 1 aromatic carbocycles. The molecular formula is C19H29FN2. The lowest BCUT2D eigenvalue weighted by atomic mass is 9.84. The predicted octanol–water partition coefficient (Wildman–Crippen LogP) is 3.61. The highest BCUT2D eigenvalue weighted by molar-refractivity contribution is 5.16. The van der Waals surface area contributed by atoms with E-state index in [1.54, 1.807) is 6.07 Å². The fraction of sp³-hybridized carbons (Fsp3) is 0.684. The highest BCUT2D eigenvalue weighted by Gasteiger charge is 2.25. The Morgan fingerprint density at radius 2 is 2.05 bits per heavy atom. The van der Waals surface area contributed by atoms with E-state index in [1.165, 1.54) is 44.6 Å². The number of hydrogen-bond acceptors (Lipinski definition) is 2. The van der Waals surface area contributed by atoms with Crippen molar-refractivity contribution < 1.29 is 4.39 Å². The second-order valence-corrected chi connectivity index (χ2v) is 7.01. The molecule has 2 nitrogen and oxygen atoms in total. The van der Waals surface area contributed by atoms with Crippen LogP contribution in [0.25, 0.3) is 0 Å². The molecule has 22 heavy (non-hydrogen) atoms. The van der Waals surface area contributed by atoms with Crippen LogP contribution in [0.15, 0.2) is 24.3 Å². The minimum Gasteiger partial charge on any atom is -0.314 e. The van der Waals surface area contributed by atoms with Gasteiger partial charge in [0.1, 0.15) is 5.82 Å². The first-order chi connectivity index (χ1) is 10.8. The molecular weight excluding hydrogens is 275 g/mol. The van der Waals surface area contributed by atoms with Crippen molar-refractivity contribution >= 4 is 0 Å². The quantitative estimate of drug-likeness (QED) is 0.894. The van der Waals surface area contributed by atoms with E-state index in [9.17, 15) is 4.39 Å². The van der Waals surface area contributed by atoms with E-state index in [0.717, 1.165) is 44.1 Å². The van der Waals surface area contributed by atoms with Crippen molar-refractivity contribution in [2.45, 2.75) is 51.0 Å². The number of nitrogens with zero attached hydrogens (tertiary/aromatic N) is 1. The van der Waals surface area contributed by atoms with Gasteiger partial charge in [-0.25, -0.2) is 4.39 Å². The summed E-state index contributed by atoms with van der Waals surface area (Å²) in [7, 11) is 0. The normalized spacial score (nSPS) is 24.5. The van der Waals surface area contributed by atoms with Gasteiger partial charge in [-0.2, -0.15) is 0 Å². The van der Waals surface area contributed by atoms with E-state index < -0.39 is 0 Å². The molecule has 0 radical (unpaired) electrons. The van der Waals surface area contributed by atoms with Crippen LogP contribution in [0.3, 0.4) is 0 Å². The number of hydrogen-bond donors (Lipinski definition) is 1. The van der Waals surface area contributed by atoms with E-state index in [4.69, 9.17) is 0 Å². The summed E-state index contributed by atoms with van der Waals surface area (Å²) >= 11 is 0. The van der Waals surface area contributed by atoms with Gasteiger partial charge in [0.05, 0.1) is 0 Å². The molecule has 1 atom stereocenters. The Bertz CT molecular complexity index is 457.